The lowest BCUT2D eigenvalue weighted by atomic mass is 9.90. The molecular formula is C15H22O. The van der Waals surface area contributed by atoms with Gasteiger partial charge in [0.25, 0.3) is 0 Å². The van der Waals surface area contributed by atoms with Crippen LogP contribution in [0.1, 0.15) is 44.9 Å². The van der Waals surface area contributed by atoms with Crippen molar-refractivity contribution < 1.29 is 4.79 Å². The van der Waals surface area contributed by atoms with E-state index < -0.39 is 0 Å². The third-order valence-corrected chi connectivity index (χ3v) is 5.14. The average molecular weight is 218 g/mol. The van der Waals surface area contributed by atoms with Crippen molar-refractivity contribution in [2.45, 2.75) is 44.9 Å². The zero-order valence-electron chi connectivity index (χ0n) is 9.98. The van der Waals surface area contributed by atoms with Crippen molar-refractivity contribution in [2.75, 3.05) is 0 Å². The van der Waals surface area contributed by atoms with Crippen LogP contribution < -0.4 is 0 Å². The van der Waals surface area contributed by atoms with Crippen LogP contribution in [0, 0.1) is 29.6 Å². The first kappa shape index (κ1) is 10.6. The van der Waals surface area contributed by atoms with Gasteiger partial charge in [-0.25, -0.2) is 0 Å². The van der Waals surface area contributed by atoms with Crippen LogP contribution in [0.15, 0.2) is 12.2 Å². The summed E-state index contributed by atoms with van der Waals surface area (Å²) in [5.74, 6) is 4.14. The van der Waals surface area contributed by atoms with Gasteiger partial charge in [0.15, 0.2) is 0 Å². The van der Waals surface area contributed by atoms with E-state index in [4.69, 9.17) is 0 Å². The number of fused-ring (bicyclic) bond motifs is 4. The van der Waals surface area contributed by atoms with E-state index in [9.17, 15) is 4.79 Å². The third-order valence-electron chi connectivity index (χ3n) is 5.14. The molecular weight excluding hydrogens is 196 g/mol. The number of carbonyl (C=O) groups is 1. The molecule has 0 aromatic carbocycles. The van der Waals surface area contributed by atoms with Crippen molar-refractivity contribution in [3.05, 3.63) is 12.2 Å². The summed E-state index contributed by atoms with van der Waals surface area (Å²) >= 11 is 0. The summed E-state index contributed by atoms with van der Waals surface area (Å²) in [5, 5.41) is 0. The van der Waals surface area contributed by atoms with E-state index in [0.717, 1.165) is 23.7 Å². The van der Waals surface area contributed by atoms with Gasteiger partial charge in [0.05, 0.1) is 0 Å². The van der Waals surface area contributed by atoms with E-state index in [-0.39, 0.29) is 0 Å². The highest BCUT2D eigenvalue weighted by Gasteiger charge is 2.38. The highest BCUT2D eigenvalue weighted by atomic mass is 16.1. The minimum absolute atomic E-state index is 0.448. The van der Waals surface area contributed by atoms with Crippen LogP contribution in [-0.4, -0.2) is 6.29 Å². The van der Waals surface area contributed by atoms with Crippen LogP contribution >= 0.6 is 0 Å². The van der Waals surface area contributed by atoms with Crippen LogP contribution in [0.2, 0.25) is 0 Å². The molecule has 88 valence electrons. The zero-order chi connectivity index (χ0) is 11.0. The minimum Gasteiger partial charge on any atom is -0.303 e. The molecule has 3 fully saturated rings. The summed E-state index contributed by atoms with van der Waals surface area (Å²) in [5.41, 5.74) is 0. The summed E-state index contributed by atoms with van der Waals surface area (Å²) in [4.78, 5) is 10.4. The maximum Gasteiger partial charge on any atom is 0.123 e. The van der Waals surface area contributed by atoms with Gasteiger partial charge in [0.2, 0.25) is 0 Å². The van der Waals surface area contributed by atoms with Crippen LogP contribution in [0.25, 0.3) is 0 Å². The largest absolute Gasteiger partial charge is 0.303 e. The van der Waals surface area contributed by atoms with Crippen LogP contribution in [0.5, 0.6) is 0 Å². The molecule has 0 saturated heterocycles. The normalized spacial score (nSPS) is 46.9. The molecule has 0 aromatic rings. The van der Waals surface area contributed by atoms with Gasteiger partial charge in [-0.3, -0.25) is 0 Å². The Kier molecular flexibility index (Phi) is 2.87. The predicted molar refractivity (Wildman–Crippen MR) is 65.0 cm³/mol. The monoisotopic (exact) mass is 218 g/mol. The van der Waals surface area contributed by atoms with Gasteiger partial charge >= 0.3 is 0 Å². The molecule has 1 heteroatoms. The Balaban J connectivity index is 0.000000104. The summed E-state index contributed by atoms with van der Waals surface area (Å²) in [6.45, 7) is 0. The first-order valence-electron chi connectivity index (χ1n) is 6.98. The molecule has 0 N–H and O–H groups in total. The molecule has 0 aliphatic heterocycles. The van der Waals surface area contributed by atoms with Gasteiger partial charge in [0.1, 0.15) is 6.29 Å². The molecule has 5 atom stereocenters. The van der Waals surface area contributed by atoms with Crippen LogP contribution in [0.4, 0.5) is 0 Å². The fourth-order valence-corrected chi connectivity index (χ4v) is 4.18. The molecule has 3 saturated carbocycles. The van der Waals surface area contributed by atoms with Crippen molar-refractivity contribution in [1.29, 1.82) is 0 Å². The molecule has 0 heterocycles. The molecule has 0 radical (unpaired) electrons. The first-order chi connectivity index (χ1) is 7.85. The standard InChI is InChI=1S/C8H12O.C7H10/c9-5-8-4-6-1-2-7(8)3-6;1-2-7-4-3-6(1)5-7/h5-8H,1-4H2;1-2,6-7H,3-5H2. The molecule has 4 aliphatic carbocycles. The van der Waals surface area contributed by atoms with Crippen molar-refractivity contribution in [3.63, 3.8) is 0 Å². The van der Waals surface area contributed by atoms with E-state index in [1.54, 1.807) is 0 Å². The van der Waals surface area contributed by atoms with Crippen LogP contribution in [-0.2, 0) is 4.79 Å². The quantitative estimate of drug-likeness (QED) is 0.485. The van der Waals surface area contributed by atoms with Gasteiger partial charge in [-0.15, -0.1) is 0 Å². The summed E-state index contributed by atoms with van der Waals surface area (Å²) < 4.78 is 0. The Morgan fingerprint density at radius 3 is 1.88 bits per heavy atom. The average Bonchev–Trinajstić information content (AvgIpc) is 3.09. The number of carbonyl (C=O) groups excluding carboxylic acids is 1. The number of rotatable bonds is 1. The smallest absolute Gasteiger partial charge is 0.123 e. The van der Waals surface area contributed by atoms with E-state index in [0.29, 0.717) is 5.92 Å². The minimum atomic E-state index is 0.448. The van der Waals surface area contributed by atoms with Gasteiger partial charge in [-0.05, 0) is 62.2 Å². The second kappa shape index (κ2) is 4.35. The molecule has 4 aliphatic rings. The second-order valence-corrected chi connectivity index (χ2v) is 6.19. The Morgan fingerprint density at radius 1 is 0.875 bits per heavy atom. The Hall–Kier alpha value is -0.590. The Bertz CT molecular complexity index is 282. The number of hydrogen-bond donors (Lipinski definition) is 0. The Labute approximate surface area is 98.3 Å². The fraction of sp³-hybridized carbons (Fsp3) is 0.800. The van der Waals surface area contributed by atoms with Gasteiger partial charge in [0, 0.05) is 5.92 Å². The summed E-state index contributed by atoms with van der Waals surface area (Å²) in [7, 11) is 0. The van der Waals surface area contributed by atoms with Crippen molar-refractivity contribution in [2.24, 2.45) is 29.6 Å². The van der Waals surface area contributed by atoms with E-state index in [2.05, 4.69) is 12.2 Å². The molecule has 0 aromatic heterocycles. The molecule has 0 spiro atoms. The van der Waals surface area contributed by atoms with E-state index in [1.165, 1.54) is 51.2 Å². The number of aldehydes is 1. The van der Waals surface area contributed by atoms with Gasteiger partial charge in [-0.1, -0.05) is 18.6 Å². The fourth-order valence-electron chi connectivity index (χ4n) is 4.18. The van der Waals surface area contributed by atoms with Gasteiger partial charge in [-0.2, -0.15) is 0 Å². The van der Waals surface area contributed by atoms with Gasteiger partial charge < -0.3 is 4.79 Å². The molecule has 1 nitrogen and oxygen atoms in total. The molecule has 0 amide bonds. The molecule has 5 unspecified atom stereocenters. The zero-order valence-corrected chi connectivity index (χ0v) is 9.98. The lowest BCUT2D eigenvalue weighted by Crippen LogP contribution is -2.10. The second-order valence-electron chi connectivity index (χ2n) is 6.19. The highest BCUT2D eigenvalue weighted by Crippen LogP contribution is 2.47. The SMILES string of the molecule is C1=CC2CCC1C2.O=CC1CC2CCC1C2. The lowest BCUT2D eigenvalue weighted by molar-refractivity contribution is -0.112. The van der Waals surface area contributed by atoms with Crippen LogP contribution in [0.3, 0.4) is 0 Å². The van der Waals surface area contributed by atoms with Crippen molar-refractivity contribution >= 4 is 6.29 Å². The topological polar surface area (TPSA) is 17.1 Å². The maximum atomic E-state index is 10.4. The predicted octanol–water partition coefficient (Wildman–Crippen LogP) is 3.59. The maximum absolute atomic E-state index is 10.4. The molecule has 16 heavy (non-hydrogen) atoms. The molecule has 4 rings (SSSR count). The Morgan fingerprint density at radius 2 is 1.62 bits per heavy atom. The lowest BCUT2D eigenvalue weighted by Gasteiger charge is -2.14. The third kappa shape index (κ3) is 1.97. The van der Waals surface area contributed by atoms with E-state index in [1.807, 2.05) is 0 Å². The highest BCUT2D eigenvalue weighted by molar-refractivity contribution is 5.55. The first-order valence-corrected chi connectivity index (χ1v) is 6.98. The van der Waals surface area contributed by atoms with E-state index >= 15 is 0 Å². The number of hydrogen-bond acceptors (Lipinski definition) is 1. The van der Waals surface area contributed by atoms with Crippen molar-refractivity contribution in [1.82, 2.24) is 0 Å². The number of allylic oxidation sites excluding steroid dienone is 2. The summed E-state index contributed by atoms with van der Waals surface area (Å²) in [6, 6.07) is 0. The molecule has 4 bridgehead atoms. The summed E-state index contributed by atoms with van der Waals surface area (Å²) in [6.07, 6.45) is 15.6. The van der Waals surface area contributed by atoms with Crippen molar-refractivity contribution in [3.8, 4) is 0 Å².